The molecule has 8 nitrogen and oxygen atoms in total. The molecular formula is C23H24FN5O3. The zero-order valence-corrected chi connectivity index (χ0v) is 17.5. The zero-order valence-electron chi connectivity index (χ0n) is 17.5. The molecule has 0 radical (unpaired) electrons. The molecule has 2 aromatic heterocycles. The van der Waals surface area contributed by atoms with Crippen molar-refractivity contribution in [3.8, 4) is 11.5 Å². The van der Waals surface area contributed by atoms with E-state index in [1.807, 2.05) is 0 Å². The first-order chi connectivity index (χ1) is 15.6. The average molecular weight is 437 g/mol. The predicted molar refractivity (Wildman–Crippen MR) is 117 cm³/mol. The molecule has 1 aromatic carbocycles. The number of fused-ring (bicyclic) bond motifs is 1. The molecule has 3 heterocycles. The molecular weight excluding hydrogens is 413 g/mol. The number of halogens is 1. The van der Waals surface area contributed by atoms with Crippen LogP contribution >= 0.6 is 0 Å². The minimum absolute atomic E-state index is 0.0795. The predicted octanol–water partition coefficient (Wildman–Crippen LogP) is 2.93. The molecule has 0 aliphatic carbocycles. The first kappa shape index (κ1) is 21.5. The summed E-state index contributed by atoms with van der Waals surface area (Å²) in [5, 5.41) is 7.14. The maximum atomic E-state index is 14.3. The number of pyridine rings is 1. The number of nitrogens with one attached hydrogen (secondary N) is 1. The van der Waals surface area contributed by atoms with Crippen molar-refractivity contribution in [1.82, 2.24) is 24.6 Å². The number of carbonyl (C=O) groups excluding carboxylic acids is 1. The summed E-state index contributed by atoms with van der Waals surface area (Å²) in [6.07, 6.45) is 9.46. The van der Waals surface area contributed by atoms with Crippen LogP contribution < -0.4 is 15.7 Å². The van der Waals surface area contributed by atoms with Crippen LogP contribution in [0.4, 0.5) is 4.39 Å². The summed E-state index contributed by atoms with van der Waals surface area (Å²) < 4.78 is 22.9. The van der Waals surface area contributed by atoms with Crippen LogP contribution in [0.15, 0.2) is 53.6 Å². The Morgan fingerprint density at radius 2 is 2.19 bits per heavy atom. The lowest BCUT2D eigenvalue weighted by molar-refractivity contribution is -0.116. The number of hydrogen-bond donors (Lipinski definition) is 1. The van der Waals surface area contributed by atoms with Gasteiger partial charge in [-0.15, -0.1) is 0 Å². The molecule has 0 saturated carbocycles. The van der Waals surface area contributed by atoms with Gasteiger partial charge in [-0.2, -0.15) is 5.10 Å². The van der Waals surface area contributed by atoms with Crippen molar-refractivity contribution in [3.05, 3.63) is 76.5 Å². The van der Waals surface area contributed by atoms with E-state index in [1.165, 1.54) is 35.2 Å². The van der Waals surface area contributed by atoms with Crippen LogP contribution in [0.2, 0.25) is 0 Å². The van der Waals surface area contributed by atoms with Gasteiger partial charge in [-0.25, -0.2) is 13.9 Å². The number of rotatable bonds is 8. The van der Waals surface area contributed by atoms with Crippen LogP contribution in [0.5, 0.6) is 11.5 Å². The smallest absolute Gasteiger partial charge is 0.345 e. The normalized spacial score (nSPS) is 13.2. The maximum Gasteiger partial charge on any atom is 0.345 e. The van der Waals surface area contributed by atoms with Crippen LogP contribution in [0.25, 0.3) is 6.08 Å². The number of carbonyl (C=O) groups is 1. The lowest BCUT2D eigenvalue weighted by Crippen LogP contribution is -2.28. The molecule has 9 heteroatoms. The fourth-order valence-electron chi connectivity index (χ4n) is 3.50. The third-order valence-electron chi connectivity index (χ3n) is 5.12. The van der Waals surface area contributed by atoms with Crippen molar-refractivity contribution in [2.45, 2.75) is 38.8 Å². The molecule has 0 atom stereocenters. The number of ether oxygens (including phenoxy) is 1. The van der Waals surface area contributed by atoms with E-state index in [0.29, 0.717) is 30.8 Å². The van der Waals surface area contributed by atoms with Crippen LogP contribution in [0.3, 0.4) is 0 Å². The summed E-state index contributed by atoms with van der Waals surface area (Å²) in [6, 6.07) is 7.84. The Kier molecular flexibility index (Phi) is 6.74. The van der Waals surface area contributed by atoms with Crippen molar-refractivity contribution < 1.29 is 13.9 Å². The third kappa shape index (κ3) is 5.29. The monoisotopic (exact) mass is 437 g/mol. The first-order valence-corrected chi connectivity index (χ1v) is 10.6. The largest absolute Gasteiger partial charge is 0.453 e. The van der Waals surface area contributed by atoms with E-state index >= 15 is 0 Å². The minimum atomic E-state index is -0.537. The fourth-order valence-corrected chi connectivity index (χ4v) is 3.50. The summed E-state index contributed by atoms with van der Waals surface area (Å²) in [6.45, 7) is 1.59. The van der Waals surface area contributed by atoms with Crippen molar-refractivity contribution in [2.75, 3.05) is 6.54 Å². The second-order valence-electron chi connectivity index (χ2n) is 7.49. The van der Waals surface area contributed by atoms with Gasteiger partial charge < -0.3 is 10.1 Å². The Morgan fingerprint density at radius 3 is 2.97 bits per heavy atom. The molecule has 0 bridgehead atoms. The van der Waals surface area contributed by atoms with Gasteiger partial charge in [-0.05, 0) is 55.2 Å². The highest BCUT2D eigenvalue weighted by Gasteiger charge is 2.16. The molecule has 32 heavy (non-hydrogen) atoms. The Morgan fingerprint density at radius 1 is 1.28 bits per heavy atom. The standard InChI is InChI=1S/C23H24FN5O3/c24-19-15-17(7-9-20(19)32-18-5-3-11-25-16-18)8-10-22(30)26-12-4-14-29-23(31)28-13-2-1-6-21(28)27-29/h3,5,7-11,15-16H,1-2,4,6,12-14H2,(H,26,30)/b10-8+. The van der Waals surface area contributed by atoms with E-state index in [-0.39, 0.29) is 17.3 Å². The van der Waals surface area contributed by atoms with Gasteiger partial charge in [0.2, 0.25) is 5.91 Å². The third-order valence-corrected chi connectivity index (χ3v) is 5.12. The van der Waals surface area contributed by atoms with Gasteiger partial charge in [0, 0.05) is 38.3 Å². The number of hydrogen-bond acceptors (Lipinski definition) is 5. The quantitative estimate of drug-likeness (QED) is 0.432. The summed E-state index contributed by atoms with van der Waals surface area (Å²) >= 11 is 0. The molecule has 0 unspecified atom stereocenters. The van der Waals surface area contributed by atoms with E-state index in [4.69, 9.17) is 4.74 Å². The highest BCUT2D eigenvalue weighted by molar-refractivity contribution is 5.91. The number of amides is 1. The van der Waals surface area contributed by atoms with E-state index < -0.39 is 5.82 Å². The van der Waals surface area contributed by atoms with Gasteiger partial charge in [0.25, 0.3) is 0 Å². The number of aromatic nitrogens is 4. The molecule has 1 aliphatic rings. The van der Waals surface area contributed by atoms with Crippen molar-refractivity contribution in [2.24, 2.45) is 0 Å². The highest BCUT2D eigenvalue weighted by Crippen LogP contribution is 2.24. The van der Waals surface area contributed by atoms with E-state index in [9.17, 15) is 14.0 Å². The van der Waals surface area contributed by atoms with Crippen LogP contribution in [-0.2, 0) is 24.3 Å². The first-order valence-electron chi connectivity index (χ1n) is 10.6. The SMILES string of the molecule is O=C(/C=C/c1ccc(Oc2cccnc2)c(F)c1)NCCCn1nc2n(c1=O)CCCC2. The van der Waals surface area contributed by atoms with Gasteiger partial charge in [0.1, 0.15) is 11.6 Å². The lowest BCUT2D eigenvalue weighted by atomic mass is 10.2. The Labute approximate surface area is 184 Å². The molecule has 166 valence electrons. The zero-order chi connectivity index (χ0) is 22.3. The molecule has 0 saturated heterocycles. The molecule has 4 rings (SSSR count). The van der Waals surface area contributed by atoms with Crippen molar-refractivity contribution >= 4 is 12.0 Å². The van der Waals surface area contributed by atoms with E-state index in [0.717, 1.165) is 31.6 Å². The highest BCUT2D eigenvalue weighted by atomic mass is 19.1. The van der Waals surface area contributed by atoms with Crippen LogP contribution in [0.1, 0.15) is 30.7 Å². The fraction of sp³-hybridized carbons (Fsp3) is 0.304. The summed E-state index contributed by atoms with van der Waals surface area (Å²) in [7, 11) is 0. The van der Waals surface area contributed by atoms with Crippen LogP contribution in [0, 0.1) is 5.82 Å². The van der Waals surface area contributed by atoms with E-state index in [2.05, 4.69) is 15.4 Å². The van der Waals surface area contributed by atoms with E-state index in [1.54, 1.807) is 29.0 Å². The summed E-state index contributed by atoms with van der Waals surface area (Å²) in [5.74, 6) is 0.530. The number of benzene rings is 1. The molecule has 1 N–H and O–H groups in total. The summed E-state index contributed by atoms with van der Waals surface area (Å²) in [5.41, 5.74) is 0.454. The van der Waals surface area contributed by atoms with Crippen molar-refractivity contribution in [1.29, 1.82) is 0 Å². The van der Waals surface area contributed by atoms with Crippen LogP contribution in [-0.4, -0.2) is 31.8 Å². The topological polar surface area (TPSA) is 91.0 Å². The van der Waals surface area contributed by atoms with Crippen molar-refractivity contribution in [3.63, 3.8) is 0 Å². The Balaban J connectivity index is 1.24. The van der Waals surface area contributed by atoms with Gasteiger partial charge in [-0.1, -0.05) is 6.07 Å². The Bertz CT molecular complexity index is 1170. The lowest BCUT2D eigenvalue weighted by Gasteiger charge is -2.09. The molecule has 3 aromatic rings. The second-order valence-corrected chi connectivity index (χ2v) is 7.49. The number of nitrogens with zero attached hydrogens (tertiary/aromatic N) is 4. The maximum absolute atomic E-state index is 14.3. The molecule has 1 amide bonds. The van der Waals surface area contributed by atoms with Gasteiger partial charge >= 0.3 is 5.69 Å². The Hall–Kier alpha value is -3.75. The van der Waals surface area contributed by atoms with Gasteiger partial charge in [0.15, 0.2) is 11.6 Å². The average Bonchev–Trinajstić information content (AvgIpc) is 3.13. The van der Waals surface area contributed by atoms with Gasteiger partial charge in [-0.3, -0.25) is 14.3 Å². The molecule has 0 spiro atoms. The minimum Gasteiger partial charge on any atom is -0.453 e. The molecule has 0 fully saturated rings. The second kappa shape index (κ2) is 10.0. The number of aryl methyl sites for hydroxylation is 2. The molecule has 1 aliphatic heterocycles. The summed E-state index contributed by atoms with van der Waals surface area (Å²) in [4.78, 5) is 28.2. The van der Waals surface area contributed by atoms with Gasteiger partial charge in [0.05, 0.1) is 6.20 Å².